The lowest BCUT2D eigenvalue weighted by Crippen LogP contribution is -2.25. The molecule has 124 valence electrons. The fraction of sp³-hybridized carbons (Fsp3) is 0.0476. The molecule has 0 unspecified atom stereocenters. The molecule has 4 nitrogen and oxygen atoms in total. The minimum atomic E-state index is -1.27. The fourth-order valence-electron chi connectivity index (χ4n) is 2.69. The molecule has 3 aromatic carbocycles. The molecule has 0 aliphatic rings. The van der Waals surface area contributed by atoms with E-state index in [1.807, 2.05) is 30.3 Å². The van der Waals surface area contributed by atoms with Crippen LogP contribution in [0.3, 0.4) is 0 Å². The Bertz CT molecular complexity index is 904. The normalized spacial score (nSPS) is 10.2. The second kappa shape index (κ2) is 7.45. The number of hydrogen-bond donors (Lipinski definition) is 1. The summed E-state index contributed by atoms with van der Waals surface area (Å²) in [4.78, 5) is 24.0. The summed E-state index contributed by atoms with van der Waals surface area (Å²) in [5.41, 5.74) is 2.50. The van der Waals surface area contributed by atoms with Gasteiger partial charge >= 0.3 is 0 Å². The Morgan fingerprint density at radius 3 is 1.88 bits per heavy atom. The maximum Gasteiger partial charge on any atom is 0.252 e. The maximum atomic E-state index is 12.6. The molecular weight excluding hydrogens is 314 g/mol. The molecule has 0 aromatic heterocycles. The summed E-state index contributed by atoms with van der Waals surface area (Å²) in [5.74, 6) is -1.53. The van der Waals surface area contributed by atoms with Gasteiger partial charge in [0, 0.05) is 17.7 Å². The smallest absolute Gasteiger partial charge is 0.252 e. The van der Waals surface area contributed by atoms with Crippen molar-refractivity contribution in [2.75, 3.05) is 0 Å². The molecule has 1 N–H and O–H groups in total. The van der Waals surface area contributed by atoms with E-state index < -0.39 is 5.97 Å². The molecule has 3 rings (SSSR count). The lowest BCUT2D eigenvalue weighted by molar-refractivity contribution is -0.254. The van der Waals surface area contributed by atoms with Crippen molar-refractivity contribution in [2.45, 2.75) is 6.54 Å². The van der Waals surface area contributed by atoms with Gasteiger partial charge in [-0.25, -0.2) is 0 Å². The van der Waals surface area contributed by atoms with Crippen LogP contribution in [-0.4, -0.2) is 11.9 Å². The van der Waals surface area contributed by atoms with E-state index in [1.165, 1.54) is 6.07 Å². The van der Waals surface area contributed by atoms with Crippen LogP contribution in [0.25, 0.3) is 11.1 Å². The van der Waals surface area contributed by atoms with Crippen LogP contribution in [0.5, 0.6) is 0 Å². The van der Waals surface area contributed by atoms with E-state index >= 15 is 0 Å². The van der Waals surface area contributed by atoms with Gasteiger partial charge in [-0.05, 0) is 22.8 Å². The van der Waals surface area contributed by atoms with E-state index in [4.69, 9.17) is 0 Å². The van der Waals surface area contributed by atoms with Crippen molar-refractivity contribution >= 4 is 11.9 Å². The molecule has 0 radical (unpaired) electrons. The molecule has 0 saturated carbocycles. The third-order valence-corrected chi connectivity index (χ3v) is 3.90. The molecule has 0 saturated heterocycles. The van der Waals surface area contributed by atoms with Crippen molar-refractivity contribution < 1.29 is 14.7 Å². The molecule has 0 aliphatic heterocycles. The Morgan fingerprint density at radius 2 is 1.24 bits per heavy atom. The number of carbonyl (C=O) groups is 2. The lowest BCUT2D eigenvalue weighted by atomic mass is 9.95. The van der Waals surface area contributed by atoms with Gasteiger partial charge in [-0.1, -0.05) is 72.8 Å². The van der Waals surface area contributed by atoms with Crippen LogP contribution in [-0.2, 0) is 6.54 Å². The van der Waals surface area contributed by atoms with Crippen molar-refractivity contribution in [3.8, 4) is 11.1 Å². The van der Waals surface area contributed by atoms with E-state index in [2.05, 4.69) is 5.32 Å². The Labute approximate surface area is 145 Å². The highest BCUT2D eigenvalue weighted by Gasteiger charge is 2.14. The number of rotatable bonds is 5. The highest BCUT2D eigenvalue weighted by atomic mass is 16.4. The van der Waals surface area contributed by atoms with Crippen molar-refractivity contribution in [3.63, 3.8) is 0 Å². The number of nitrogens with one attached hydrogen (secondary N) is 1. The molecule has 25 heavy (non-hydrogen) atoms. The maximum absolute atomic E-state index is 12.6. The van der Waals surface area contributed by atoms with E-state index in [9.17, 15) is 14.7 Å². The summed E-state index contributed by atoms with van der Waals surface area (Å²) in [6.07, 6.45) is 0. The first kappa shape index (κ1) is 16.5. The molecule has 0 bridgehead atoms. The first-order chi connectivity index (χ1) is 12.2. The number of carbonyl (C=O) groups excluding carboxylic acids is 2. The summed E-state index contributed by atoms with van der Waals surface area (Å²) in [6.45, 7) is 0.399. The van der Waals surface area contributed by atoms with Gasteiger partial charge in [0.2, 0.25) is 0 Å². The van der Waals surface area contributed by atoms with Gasteiger partial charge in [0.05, 0.1) is 5.97 Å². The lowest BCUT2D eigenvalue weighted by Gasteiger charge is -2.14. The van der Waals surface area contributed by atoms with Crippen LogP contribution < -0.4 is 10.4 Å². The molecular formula is C21H16NO3-. The Morgan fingerprint density at radius 1 is 0.720 bits per heavy atom. The van der Waals surface area contributed by atoms with E-state index in [1.54, 1.807) is 42.5 Å². The second-order valence-electron chi connectivity index (χ2n) is 5.55. The molecule has 0 spiro atoms. The monoisotopic (exact) mass is 330 g/mol. The average Bonchev–Trinajstić information content (AvgIpc) is 2.67. The van der Waals surface area contributed by atoms with Crippen LogP contribution in [0.1, 0.15) is 26.3 Å². The van der Waals surface area contributed by atoms with Gasteiger partial charge < -0.3 is 15.2 Å². The van der Waals surface area contributed by atoms with Crippen molar-refractivity contribution in [3.05, 3.63) is 95.6 Å². The van der Waals surface area contributed by atoms with E-state index in [-0.39, 0.29) is 11.5 Å². The van der Waals surface area contributed by atoms with Gasteiger partial charge in [-0.15, -0.1) is 0 Å². The highest BCUT2D eigenvalue weighted by molar-refractivity contribution is 6.04. The quantitative estimate of drug-likeness (QED) is 0.782. The van der Waals surface area contributed by atoms with Crippen LogP contribution in [0.15, 0.2) is 78.9 Å². The third-order valence-electron chi connectivity index (χ3n) is 3.90. The summed E-state index contributed by atoms with van der Waals surface area (Å²) < 4.78 is 0. The van der Waals surface area contributed by atoms with Crippen molar-refractivity contribution in [1.29, 1.82) is 0 Å². The van der Waals surface area contributed by atoms with Gasteiger partial charge in [0.15, 0.2) is 0 Å². The minimum Gasteiger partial charge on any atom is -0.545 e. The number of benzene rings is 3. The number of carboxylic acids is 1. The zero-order valence-electron chi connectivity index (χ0n) is 13.4. The second-order valence-corrected chi connectivity index (χ2v) is 5.55. The Kier molecular flexibility index (Phi) is 4.90. The predicted molar refractivity (Wildman–Crippen MR) is 93.8 cm³/mol. The van der Waals surface area contributed by atoms with Gasteiger partial charge in [-0.3, -0.25) is 4.79 Å². The van der Waals surface area contributed by atoms with Crippen molar-refractivity contribution in [2.24, 2.45) is 0 Å². The van der Waals surface area contributed by atoms with Crippen LogP contribution in [0.2, 0.25) is 0 Å². The van der Waals surface area contributed by atoms with Gasteiger partial charge in [0.1, 0.15) is 0 Å². The minimum absolute atomic E-state index is 0.0609. The zero-order valence-corrected chi connectivity index (χ0v) is 13.4. The standard InChI is InChI=1S/C21H17NO3/c23-20(22-14-15-8-2-1-3-9-15)18-12-6-4-10-16(18)17-11-5-7-13-19(17)21(24)25/h1-13H,14H2,(H,22,23)(H,24,25)/p-1. The van der Waals surface area contributed by atoms with E-state index in [0.717, 1.165) is 5.56 Å². The third kappa shape index (κ3) is 3.75. The molecule has 4 heteroatoms. The Balaban J connectivity index is 1.91. The number of carboxylic acid groups (broad SMARTS) is 1. The zero-order chi connectivity index (χ0) is 17.6. The summed E-state index contributed by atoms with van der Waals surface area (Å²) in [6, 6.07) is 23.0. The summed E-state index contributed by atoms with van der Waals surface area (Å²) in [7, 11) is 0. The fourth-order valence-corrected chi connectivity index (χ4v) is 2.69. The predicted octanol–water partition coefficient (Wildman–Crippen LogP) is 2.65. The first-order valence-electron chi connectivity index (χ1n) is 7.88. The number of aromatic carboxylic acids is 1. The number of amides is 1. The summed E-state index contributed by atoms with van der Waals surface area (Å²) in [5, 5.41) is 14.2. The van der Waals surface area contributed by atoms with Crippen molar-refractivity contribution in [1.82, 2.24) is 5.32 Å². The molecule has 0 heterocycles. The van der Waals surface area contributed by atoms with Crippen LogP contribution >= 0.6 is 0 Å². The topological polar surface area (TPSA) is 69.2 Å². The largest absolute Gasteiger partial charge is 0.545 e. The molecule has 0 atom stereocenters. The van der Waals surface area contributed by atoms with Gasteiger partial charge in [-0.2, -0.15) is 0 Å². The summed E-state index contributed by atoms with van der Waals surface area (Å²) >= 11 is 0. The molecule has 0 fully saturated rings. The average molecular weight is 330 g/mol. The van der Waals surface area contributed by atoms with Gasteiger partial charge in [0.25, 0.3) is 5.91 Å². The SMILES string of the molecule is O=C([O-])c1ccccc1-c1ccccc1C(=O)NCc1ccccc1. The number of hydrogen-bond acceptors (Lipinski definition) is 3. The van der Waals surface area contributed by atoms with E-state index in [0.29, 0.717) is 23.2 Å². The first-order valence-corrected chi connectivity index (χ1v) is 7.88. The van der Waals surface area contributed by atoms with Crippen LogP contribution in [0.4, 0.5) is 0 Å². The molecule has 3 aromatic rings. The molecule has 0 aliphatic carbocycles. The highest BCUT2D eigenvalue weighted by Crippen LogP contribution is 2.27. The Hall–Kier alpha value is -3.40. The van der Waals surface area contributed by atoms with Crippen LogP contribution in [0, 0.1) is 0 Å². The molecule has 1 amide bonds.